The molecule has 0 spiro atoms. The summed E-state index contributed by atoms with van der Waals surface area (Å²) in [6.07, 6.45) is 0. The summed E-state index contributed by atoms with van der Waals surface area (Å²) < 4.78 is 0. The van der Waals surface area contributed by atoms with Gasteiger partial charge in [0, 0.05) is 0 Å². The van der Waals surface area contributed by atoms with Crippen LogP contribution in [0.4, 0.5) is 0 Å². The molecule has 0 aromatic rings. The summed E-state index contributed by atoms with van der Waals surface area (Å²) in [5.74, 6) is 0. The Morgan fingerprint density at radius 3 is 0.0667 bits per heavy atom. The van der Waals surface area contributed by atoms with Crippen molar-refractivity contribution in [2.45, 2.75) is 0 Å². The minimum atomic E-state index is 0. The third-order valence-corrected chi connectivity index (χ3v) is 0. The van der Waals surface area contributed by atoms with E-state index >= 15 is 0 Å². The van der Waals surface area contributed by atoms with Crippen LogP contribution >= 0.6 is 0 Å². The fraction of sp³-hybridized carbons (Fsp3) is 0. The predicted molar refractivity (Wildman–Crippen MR) is 33.4 cm³/mol. The first-order valence-electron chi connectivity index (χ1n) is 0. The summed E-state index contributed by atoms with van der Waals surface area (Å²) in [6, 6.07) is 0. The topological polar surface area (TPSA) is 0 Å². The molecule has 30 heteroatoms. The molecule has 60 valence electrons. The summed E-state index contributed by atoms with van der Waals surface area (Å²) in [5.41, 5.74) is 0. The van der Waals surface area contributed by atoms with Gasteiger partial charge >= 0.3 is 887 Å². The molecule has 0 rings (SSSR count). The maximum atomic E-state index is 0. The zero-order valence-corrected chi connectivity index (χ0v) is 90.0. The van der Waals surface area contributed by atoms with Crippen molar-refractivity contribution in [1.82, 2.24) is 0 Å². The molecule has 0 aliphatic carbocycles. The molecule has 0 aliphatic heterocycles. The molecule has 0 aromatic heterocycles. The maximum Gasteiger partial charge on any atom is 1.00 e. The van der Waals surface area contributed by atoms with E-state index in [0.717, 1.165) is 0 Å². The number of rotatable bonds is 0. The number of hydrogen-bond acceptors (Lipinski definition) is 0. The van der Waals surface area contributed by atoms with Crippen LogP contribution in [0.5, 0.6) is 0 Å². The van der Waals surface area contributed by atoms with Crippen molar-refractivity contribution in [3.63, 3.8) is 0 Å². The first-order valence-corrected chi connectivity index (χ1v) is 0. The Morgan fingerprint density at radius 1 is 0.0667 bits per heavy atom. The fourth-order valence-electron chi connectivity index (χ4n) is 0. The van der Waals surface area contributed by atoms with Gasteiger partial charge in [0.25, 0.3) is 0 Å². The molecule has 0 atom stereocenters. The Hall–Kier alpha value is 30.0. The summed E-state index contributed by atoms with van der Waals surface area (Å²) >= 11 is 0. The predicted octanol–water partition coefficient (Wildman–Crippen LogP) is -86.5. The van der Waals surface area contributed by atoms with E-state index in [0.29, 0.717) is 0 Å². The molecular formula is H30Na30. The molecule has 0 nitrogen and oxygen atoms in total. The first kappa shape index (κ1) is 232. The van der Waals surface area contributed by atoms with Crippen molar-refractivity contribution >= 4 is 0 Å². The minimum Gasteiger partial charge on any atom is -1.00 e. The molecule has 0 amide bonds. The van der Waals surface area contributed by atoms with Gasteiger partial charge < -0.3 is 42.8 Å². The van der Waals surface area contributed by atoms with Gasteiger partial charge in [0.15, 0.2) is 0 Å². The van der Waals surface area contributed by atoms with E-state index in [9.17, 15) is 0 Å². The van der Waals surface area contributed by atoms with Crippen LogP contribution in [0.15, 0.2) is 0 Å². The third-order valence-electron chi connectivity index (χ3n) is 0. The van der Waals surface area contributed by atoms with Gasteiger partial charge in [0.1, 0.15) is 0 Å². The van der Waals surface area contributed by atoms with Crippen LogP contribution in [-0.2, 0) is 0 Å². The Morgan fingerprint density at radius 2 is 0.0667 bits per heavy atom. The normalized spacial score (nSPS) is 0. The second-order valence-electron chi connectivity index (χ2n) is 0. The first-order chi connectivity index (χ1) is 0. The van der Waals surface area contributed by atoms with Crippen LogP contribution < -0.4 is 887 Å². The zero-order chi connectivity index (χ0) is 0. The van der Waals surface area contributed by atoms with E-state index < -0.39 is 0 Å². The summed E-state index contributed by atoms with van der Waals surface area (Å²) in [4.78, 5) is 0. The summed E-state index contributed by atoms with van der Waals surface area (Å²) in [6.45, 7) is 0. The molecule has 0 fully saturated rings. The molecule has 0 saturated carbocycles. The molecule has 0 radical (unpaired) electrons. The van der Waals surface area contributed by atoms with E-state index in [2.05, 4.69) is 0 Å². The number of hydrogen-bond donors (Lipinski definition) is 0. The standard InChI is InChI=1S/30Na.30H/q30*+1;30*-1. The average molecular weight is 720 g/mol. The van der Waals surface area contributed by atoms with E-state index in [1.807, 2.05) is 0 Å². The second kappa shape index (κ2) is 221. The van der Waals surface area contributed by atoms with Crippen LogP contribution in [0.3, 0.4) is 0 Å². The van der Waals surface area contributed by atoms with Crippen molar-refractivity contribution < 1.29 is 930 Å². The van der Waals surface area contributed by atoms with Crippen molar-refractivity contribution in [3.05, 3.63) is 0 Å². The Kier molecular flexibility index (Phi) is 1710. The minimum absolute atomic E-state index is 0. The average Bonchev–Trinajstić information content (AvgIpc) is 0. The molecule has 0 heterocycles. The SMILES string of the molecule is [H-].[H-].[H-].[H-].[H-].[H-].[H-].[H-].[H-].[H-].[H-].[H-].[H-].[H-].[H-].[H-].[H-].[H-].[H-].[H-].[H-].[H-].[H-].[H-].[H-].[H-].[H-].[H-].[H-].[H-].[Na+].[Na+].[Na+].[Na+].[Na+].[Na+].[Na+].[Na+].[Na+].[Na+].[Na+].[Na+].[Na+].[Na+].[Na+].[Na+].[Na+].[Na+].[Na+].[Na+].[Na+].[Na+].[Na+].[Na+].[Na+].[Na+].[Na+].[Na+].[Na+].[Na+]. The van der Waals surface area contributed by atoms with Gasteiger partial charge in [-0.2, -0.15) is 0 Å². The van der Waals surface area contributed by atoms with Gasteiger partial charge in [0.2, 0.25) is 0 Å². The maximum absolute atomic E-state index is 0. The second-order valence-corrected chi connectivity index (χ2v) is 0. The third kappa shape index (κ3) is 209. The Balaban J connectivity index is 0. The summed E-state index contributed by atoms with van der Waals surface area (Å²) in [5, 5.41) is 0. The molecular weight excluding hydrogens is 690 g/mol. The van der Waals surface area contributed by atoms with Crippen LogP contribution in [0.25, 0.3) is 0 Å². The Labute approximate surface area is 898 Å². The van der Waals surface area contributed by atoms with E-state index in [1.165, 1.54) is 0 Å². The molecule has 0 unspecified atom stereocenters. The quantitative estimate of drug-likeness (QED) is 0.219. The Bertz CT molecular complexity index is 60.0. The van der Waals surface area contributed by atoms with E-state index in [4.69, 9.17) is 0 Å². The van der Waals surface area contributed by atoms with Crippen molar-refractivity contribution in [1.29, 1.82) is 0 Å². The van der Waals surface area contributed by atoms with Gasteiger partial charge in [-0.15, -0.1) is 0 Å². The molecule has 0 aliphatic rings. The smallest absolute Gasteiger partial charge is 1.00 e. The van der Waals surface area contributed by atoms with Crippen molar-refractivity contribution in [3.8, 4) is 0 Å². The molecule has 0 N–H and O–H groups in total. The van der Waals surface area contributed by atoms with Gasteiger partial charge in [-0.05, 0) is 0 Å². The van der Waals surface area contributed by atoms with Crippen LogP contribution in [-0.4, -0.2) is 0 Å². The van der Waals surface area contributed by atoms with Crippen LogP contribution in [0.1, 0.15) is 42.8 Å². The fourth-order valence-corrected chi connectivity index (χ4v) is 0. The van der Waals surface area contributed by atoms with Gasteiger partial charge in [0.05, 0.1) is 0 Å². The largest absolute Gasteiger partial charge is 1.00 e. The van der Waals surface area contributed by atoms with E-state index in [1.54, 1.807) is 0 Å². The van der Waals surface area contributed by atoms with Gasteiger partial charge in [-0.25, -0.2) is 0 Å². The van der Waals surface area contributed by atoms with Crippen molar-refractivity contribution in [2.75, 3.05) is 0 Å². The summed E-state index contributed by atoms with van der Waals surface area (Å²) in [7, 11) is 0. The zero-order valence-electron chi connectivity index (χ0n) is 60.0. The molecule has 30 heavy (non-hydrogen) atoms. The van der Waals surface area contributed by atoms with Gasteiger partial charge in [-0.1, -0.05) is 0 Å². The molecule has 0 saturated heterocycles. The van der Waals surface area contributed by atoms with E-state index in [-0.39, 0.29) is 930 Å². The monoisotopic (exact) mass is 720 g/mol. The van der Waals surface area contributed by atoms with Crippen LogP contribution in [0, 0.1) is 0 Å². The van der Waals surface area contributed by atoms with Crippen molar-refractivity contribution in [2.24, 2.45) is 0 Å². The van der Waals surface area contributed by atoms with Gasteiger partial charge in [-0.3, -0.25) is 0 Å². The van der Waals surface area contributed by atoms with Crippen LogP contribution in [0.2, 0.25) is 0 Å². The molecule has 0 bridgehead atoms. The molecule has 0 aromatic carbocycles.